The molecule has 0 atom stereocenters. The van der Waals surface area contributed by atoms with Crippen LogP contribution in [-0.4, -0.2) is 31.1 Å². The van der Waals surface area contributed by atoms with Gasteiger partial charge in [-0.2, -0.15) is 0 Å². The molecule has 1 aromatic heterocycles. The number of anilines is 1. The minimum Gasteiger partial charge on any atom is -0.369 e. The van der Waals surface area contributed by atoms with Gasteiger partial charge in [-0.1, -0.05) is 12.1 Å². The van der Waals surface area contributed by atoms with Gasteiger partial charge in [0.25, 0.3) is 0 Å². The van der Waals surface area contributed by atoms with Crippen molar-refractivity contribution in [1.29, 1.82) is 0 Å². The fraction of sp³-hybridized carbons (Fsp3) is 0.412. The Bertz CT molecular complexity index is 615. The van der Waals surface area contributed by atoms with Gasteiger partial charge in [0, 0.05) is 43.3 Å². The van der Waals surface area contributed by atoms with Gasteiger partial charge >= 0.3 is 0 Å². The standard InChI is InChI=1S/C17H21BrN2S/c1-13-4-3-5-16(14(13)2)20-10-8-19(9-11-20)12-15-6-7-17(18)21-15/h3-7H,8-12H2,1-2H3. The zero-order valence-electron chi connectivity index (χ0n) is 12.6. The maximum absolute atomic E-state index is 3.54. The summed E-state index contributed by atoms with van der Waals surface area (Å²) in [4.78, 5) is 6.53. The molecular weight excluding hydrogens is 344 g/mol. The van der Waals surface area contributed by atoms with Gasteiger partial charge in [0.1, 0.15) is 0 Å². The number of nitrogens with zero attached hydrogens (tertiary/aromatic N) is 2. The first-order chi connectivity index (χ1) is 10.1. The van der Waals surface area contributed by atoms with E-state index in [9.17, 15) is 0 Å². The number of aryl methyl sites for hydroxylation is 1. The van der Waals surface area contributed by atoms with E-state index < -0.39 is 0 Å². The molecule has 3 rings (SSSR count). The molecule has 0 bridgehead atoms. The van der Waals surface area contributed by atoms with Crippen molar-refractivity contribution in [3.05, 3.63) is 50.1 Å². The molecule has 112 valence electrons. The second-order valence-corrected chi connectivity index (χ2v) is 8.24. The highest BCUT2D eigenvalue weighted by atomic mass is 79.9. The summed E-state index contributed by atoms with van der Waals surface area (Å²) in [7, 11) is 0. The number of benzene rings is 1. The van der Waals surface area contributed by atoms with Crippen molar-refractivity contribution in [2.24, 2.45) is 0 Å². The Morgan fingerprint density at radius 2 is 1.81 bits per heavy atom. The predicted octanol–water partition coefficient (Wildman–Crippen LogP) is 4.45. The van der Waals surface area contributed by atoms with Crippen LogP contribution in [0, 0.1) is 13.8 Å². The van der Waals surface area contributed by atoms with Gasteiger partial charge in [-0.25, -0.2) is 0 Å². The highest BCUT2D eigenvalue weighted by Gasteiger charge is 2.19. The van der Waals surface area contributed by atoms with Crippen LogP contribution in [-0.2, 0) is 6.54 Å². The van der Waals surface area contributed by atoms with E-state index in [-0.39, 0.29) is 0 Å². The Morgan fingerprint density at radius 1 is 1.05 bits per heavy atom. The number of halogens is 1. The molecular formula is C17H21BrN2S. The minimum atomic E-state index is 1.08. The Hall–Kier alpha value is -0.840. The smallest absolute Gasteiger partial charge is 0.0701 e. The molecule has 0 aliphatic carbocycles. The first-order valence-corrected chi connectivity index (χ1v) is 9.02. The van der Waals surface area contributed by atoms with Gasteiger partial charge in [0.05, 0.1) is 3.79 Å². The lowest BCUT2D eigenvalue weighted by Crippen LogP contribution is -2.46. The highest BCUT2D eigenvalue weighted by molar-refractivity contribution is 9.11. The normalized spacial score (nSPS) is 16.4. The number of rotatable bonds is 3. The molecule has 2 heterocycles. The molecule has 0 amide bonds. The SMILES string of the molecule is Cc1cccc(N2CCN(Cc3ccc(Br)s3)CC2)c1C. The first kappa shape index (κ1) is 15.1. The quantitative estimate of drug-likeness (QED) is 0.793. The van der Waals surface area contributed by atoms with Crippen LogP contribution >= 0.6 is 27.3 Å². The average Bonchev–Trinajstić information content (AvgIpc) is 2.88. The predicted molar refractivity (Wildman–Crippen MR) is 95.4 cm³/mol. The third-order valence-corrected chi connectivity index (χ3v) is 5.91. The molecule has 1 aliphatic rings. The van der Waals surface area contributed by atoms with Crippen molar-refractivity contribution in [2.75, 3.05) is 31.1 Å². The van der Waals surface area contributed by atoms with Crippen LogP contribution in [0.2, 0.25) is 0 Å². The molecule has 0 saturated carbocycles. The zero-order chi connectivity index (χ0) is 14.8. The van der Waals surface area contributed by atoms with Crippen molar-refractivity contribution in [2.45, 2.75) is 20.4 Å². The van der Waals surface area contributed by atoms with E-state index in [2.05, 4.69) is 69.9 Å². The number of thiophene rings is 1. The lowest BCUT2D eigenvalue weighted by molar-refractivity contribution is 0.252. The van der Waals surface area contributed by atoms with Crippen molar-refractivity contribution in [3.8, 4) is 0 Å². The summed E-state index contributed by atoms with van der Waals surface area (Å²) in [6.45, 7) is 10.0. The zero-order valence-corrected chi connectivity index (χ0v) is 15.0. The number of piperazine rings is 1. The van der Waals surface area contributed by atoms with Crippen molar-refractivity contribution < 1.29 is 0 Å². The molecule has 0 N–H and O–H groups in total. The third-order valence-electron chi connectivity index (χ3n) is 4.30. The Kier molecular flexibility index (Phi) is 4.67. The molecule has 2 aromatic rings. The second-order valence-electron chi connectivity index (χ2n) is 5.69. The average molecular weight is 365 g/mol. The number of hydrogen-bond donors (Lipinski definition) is 0. The molecule has 1 fully saturated rings. The van der Waals surface area contributed by atoms with Crippen molar-refractivity contribution in [3.63, 3.8) is 0 Å². The van der Waals surface area contributed by atoms with Gasteiger partial charge in [0.15, 0.2) is 0 Å². The maximum atomic E-state index is 3.54. The molecule has 4 heteroatoms. The van der Waals surface area contributed by atoms with E-state index in [1.807, 2.05) is 11.3 Å². The van der Waals surface area contributed by atoms with Gasteiger partial charge in [-0.05, 0) is 59.1 Å². The Balaban J connectivity index is 1.61. The van der Waals surface area contributed by atoms with Crippen LogP contribution in [0.3, 0.4) is 0 Å². The summed E-state index contributed by atoms with van der Waals surface area (Å²) in [5.74, 6) is 0. The van der Waals surface area contributed by atoms with Crippen LogP contribution in [0.4, 0.5) is 5.69 Å². The van der Waals surface area contributed by atoms with Gasteiger partial charge in [0.2, 0.25) is 0 Å². The molecule has 0 unspecified atom stereocenters. The van der Waals surface area contributed by atoms with Crippen LogP contribution < -0.4 is 4.90 Å². The van der Waals surface area contributed by atoms with Crippen LogP contribution in [0.25, 0.3) is 0 Å². The molecule has 0 spiro atoms. The third kappa shape index (κ3) is 3.50. The van der Waals surface area contributed by atoms with E-state index in [1.165, 1.54) is 25.5 Å². The van der Waals surface area contributed by atoms with Crippen LogP contribution in [0.15, 0.2) is 34.1 Å². The molecule has 21 heavy (non-hydrogen) atoms. The van der Waals surface area contributed by atoms with Gasteiger partial charge in [-0.15, -0.1) is 11.3 Å². The fourth-order valence-corrected chi connectivity index (χ4v) is 4.41. The lowest BCUT2D eigenvalue weighted by atomic mass is 10.1. The first-order valence-electron chi connectivity index (χ1n) is 7.41. The summed E-state index contributed by atoms with van der Waals surface area (Å²) in [6, 6.07) is 11.0. The Morgan fingerprint density at radius 3 is 2.48 bits per heavy atom. The van der Waals surface area contributed by atoms with Crippen LogP contribution in [0.5, 0.6) is 0 Å². The van der Waals surface area contributed by atoms with Gasteiger partial charge in [-0.3, -0.25) is 4.90 Å². The fourth-order valence-electron chi connectivity index (χ4n) is 2.88. The summed E-state index contributed by atoms with van der Waals surface area (Å²) < 4.78 is 1.23. The number of hydrogen-bond acceptors (Lipinski definition) is 3. The van der Waals surface area contributed by atoms with Crippen molar-refractivity contribution in [1.82, 2.24) is 4.90 Å². The van der Waals surface area contributed by atoms with Crippen LogP contribution in [0.1, 0.15) is 16.0 Å². The molecule has 1 aliphatic heterocycles. The molecule has 2 nitrogen and oxygen atoms in total. The summed E-state index contributed by atoms with van der Waals surface area (Å²) in [6.07, 6.45) is 0. The topological polar surface area (TPSA) is 6.48 Å². The minimum absolute atomic E-state index is 1.08. The molecule has 0 radical (unpaired) electrons. The molecule has 1 aromatic carbocycles. The highest BCUT2D eigenvalue weighted by Crippen LogP contribution is 2.26. The van der Waals surface area contributed by atoms with E-state index in [0.29, 0.717) is 0 Å². The monoisotopic (exact) mass is 364 g/mol. The summed E-state index contributed by atoms with van der Waals surface area (Å²) in [5.41, 5.74) is 4.22. The van der Waals surface area contributed by atoms with Crippen molar-refractivity contribution >= 4 is 33.0 Å². The van der Waals surface area contributed by atoms with E-state index in [4.69, 9.17) is 0 Å². The van der Waals surface area contributed by atoms with Gasteiger partial charge < -0.3 is 4.90 Å². The largest absolute Gasteiger partial charge is 0.369 e. The van der Waals surface area contributed by atoms with E-state index in [1.54, 1.807) is 0 Å². The molecule has 1 saturated heterocycles. The van der Waals surface area contributed by atoms with E-state index in [0.717, 1.165) is 32.7 Å². The van der Waals surface area contributed by atoms with E-state index >= 15 is 0 Å². The Labute approximate surface area is 139 Å². The summed E-state index contributed by atoms with van der Waals surface area (Å²) in [5, 5.41) is 0. The summed E-state index contributed by atoms with van der Waals surface area (Å²) >= 11 is 5.39. The maximum Gasteiger partial charge on any atom is 0.0701 e. The second kappa shape index (κ2) is 6.51. The lowest BCUT2D eigenvalue weighted by Gasteiger charge is -2.36.